The smallest absolute Gasteiger partial charge is 0.254 e. The molecule has 1 aromatic heterocycles. The van der Waals surface area contributed by atoms with E-state index in [4.69, 9.17) is 4.74 Å². The highest BCUT2D eigenvalue weighted by Gasteiger charge is 2.28. The van der Waals surface area contributed by atoms with Crippen LogP contribution in [0.4, 0.5) is 0 Å². The average molecular weight is 567 g/mol. The van der Waals surface area contributed by atoms with Crippen LogP contribution in [0.2, 0.25) is 0 Å². The first-order valence-electron chi connectivity index (χ1n) is 15.0. The molecule has 1 amide bonds. The number of Topliss-reactive ketones (excluding diaryl/α,β-unsaturated/α-hetero) is 1. The molecule has 0 bridgehead atoms. The summed E-state index contributed by atoms with van der Waals surface area (Å²) in [5, 5.41) is 7.45. The summed E-state index contributed by atoms with van der Waals surface area (Å²) in [7, 11) is 0. The third kappa shape index (κ3) is 7.26. The first kappa shape index (κ1) is 29.5. The van der Waals surface area contributed by atoms with E-state index in [1.807, 2.05) is 42.5 Å². The molecule has 7 heteroatoms. The molecule has 2 aromatic carbocycles. The molecule has 0 spiro atoms. The molecule has 220 valence electrons. The monoisotopic (exact) mass is 566 g/mol. The molecule has 42 heavy (non-hydrogen) atoms. The zero-order valence-electron chi connectivity index (χ0n) is 25.2. The molecule has 7 nitrogen and oxygen atoms in total. The van der Waals surface area contributed by atoms with E-state index in [1.165, 1.54) is 5.56 Å². The summed E-state index contributed by atoms with van der Waals surface area (Å²) in [6.45, 7) is 13.1. The topological polar surface area (TPSA) is 76.5 Å². The number of ether oxygens (including phenoxy) is 1. The maximum atomic E-state index is 13.0. The fourth-order valence-corrected chi connectivity index (χ4v) is 5.74. The second-order valence-electron chi connectivity index (χ2n) is 12.2. The highest BCUT2D eigenvalue weighted by molar-refractivity contribution is 6.03. The van der Waals surface area contributed by atoms with Crippen LogP contribution in [0.1, 0.15) is 67.6 Å². The summed E-state index contributed by atoms with van der Waals surface area (Å²) in [5.74, 6) is 0.796. The molecule has 2 aliphatic carbocycles. The Morgan fingerprint density at radius 1 is 1.14 bits per heavy atom. The van der Waals surface area contributed by atoms with E-state index in [-0.39, 0.29) is 23.1 Å². The minimum Gasteiger partial charge on any atom is -0.493 e. The SMILES string of the molecule is CCN(CC)CC(C)(C)COc1ccc2c(c1)C=C(C1=CC(NC(=O)c3cnn(Cc4ccccc4)c3)CCC1=O)C2. The number of nitrogens with zero attached hydrogens (tertiary/aromatic N) is 3. The third-order valence-corrected chi connectivity index (χ3v) is 8.10. The number of carbonyl (C=O) groups excluding carboxylic acids is 2. The number of hydrogen-bond donors (Lipinski definition) is 1. The van der Waals surface area contributed by atoms with Crippen LogP contribution < -0.4 is 10.1 Å². The van der Waals surface area contributed by atoms with Gasteiger partial charge in [-0.15, -0.1) is 0 Å². The van der Waals surface area contributed by atoms with Crippen LogP contribution in [0.15, 0.2) is 78.1 Å². The number of allylic oxidation sites excluding steroid dienone is 2. The van der Waals surface area contributed by atoms with Crippen molar-refractivity contribution in [3.05, 3.63) is 100 Å². The molecule has 5 rings (SSSR count). The minimum absolute atomic E-state index is 0.0331. The predicted octanol–water partition coefficient (Wildman–Crippen LogP) is 5.71. The summed E-state index contributed by atoms with van der Waals surface area (Å²) in [4.78, 5) is 28.4. The van der Waals surface area contributed by atoms with E-state index in [0.717, 1.165) is 42.1 Å². The van der Waals surface area contributed by atoms with Gasteiger partial charge in [0.2, 0.25) is 0 Å². The highest BCUT2D eigenvalue weighted by atomic mass is 16.5. The normalized spacial score (nSPS) is 16.7. The Hall–Kier alpha value is -3.97. The lowest BCUT2D eigenvalue weighted by molar-refractivity contribution is -0.115. The van der Waals surface area contributed by atoms with Gasteiger partial charge in [0.15, 0.2) is 5.78 Å². The van der Waals surface area contributed by atoms with Crippen molar-refractivity contribution in [2.75, 3.05) is 26.2 Å². The summed E-state index contributed by atoms with van der Waals surface area (Å²) in [6.07, 6.45) is 9.10. The van der Waals surface area contributed by atoms with Crippen molar-refractivity contribution in [1.29, 1.82) is 0 Å². The van der Waals surface area contributed by atoms with Crippen LogP contribution in [-0.4, -0.2) is 58.7 Å². The van der Waals surface area contributed by atoms with Crippen molar-refractivity contribution in [2.45, 2.75) is 59.5 Å². The number of benzene rings is 2. The van der Waals surface area contributed by atoms with Crippen LogP contribution in [0.25, 0.3) is 6.08 Å². The van der Waals surface area contributed by atoms with E-state index in [2.05, 4.69) is 61.2 Å². The molecule has 0 saturated carbocycles. The van der Waals surface area contributed by atoms with E-state index < -0.39 is 0 Å². The van der Waals surface area contributed by atoms with Crippen molar-refractivity contribution in [1.82, 2.24) is 20.0 Å². The maximum absolute atomic E-state index is 13.0. The standard InChI is InChI=1S/C35H42N4O3/c1-5-38(6-2)23-35(3,4)24-42-31-14-12-26-16-28(17-27(26)18-31)32-19-30(13-15-33(32)40)37-34(41)29-20-36-39(22-29)21-25-10-8-7-9-11-25/h7-12,14,17-20,22,30H,5-6,13,15-16,21,23-24H2,1-4H3,(H,37,41). The number of hydrogen-bond acceptors (Lipinski definition) is 5. The van der Waals surface area contributed by atoms with Crippen LogP contribution in [0, 0.1) is 5.41 Å². The highest BCUT2D eigenvalue weighted by Crippen LogP contribution is 2.35. The molecule has 0 fully saturated rings. The Balaban J connectivity index is 1.22. The number of aromatic nitrogens is 2. The first-order valence-corrected chi connectivity index (χ1v) is 15.0. The molecule has 0 saturated heterocycles. The van der Waals surface area contributed by atoms with Crippen molar-refractivity contribution in [3.63, 3.8) is 0 Å². The van der Waals surface area contributed by atoms with Crippen LogP contribution >= 0.6 is 0 Å². The lowest BCUT2D eigenvalue weighted by Crippen LogP contribution is -2.37. The molecule has 1 N–H and O–H groups in total. The van der Waals surface area contributed by atoms with E-state index in [0.29, 0.717) is 43.6 Å². The summed E-state index contributed by atoms with van der Waals surface area (Å²) >= 11 is 0. The molecule has 0 aliphatic heterocycles. The number of rotatable bonds is 12. The molecule has 1 heterocycles. The van der Waals surface area contributed by atoms with Gasteiger partial charge in [0.25, 0.3) is 5.91 Å². The van der Waals surface area contributed by atoms with Gasteiger partial charge in [0.05, 0.1) is 24.9 Å². The predicted molar refractivity (Wildman–Crippen MR) is 167 cm³/mol. The van der Waals surface area contributed by atoms with E-state index >= 15 is 0 Å². The van der Waals surface area contributed by atoms with Crippen LogP contribution in [0.5, 0.6) is 5.75 Å². The molecule has 1 atom stereocenters. The lowest BCUT2D eigenvalue weighted by Gasteiger charge is -2.31. The lowest BCUT2D eigenvalue weighted by atomic mass is 9.88. The number of nitrogens with one attached hydrogen (secondary N) is 1. The maximum Gasteiger partial charge on any atom is 0.254 e. The first-order chi connectivity index (χ1) is 20.2. The van der Waals surface area contributed by atoms with Gasteiger partial charge in [-0.1, -0.05) is 76.2 Å². The van der Waals surface area contributed by atoms with Crippen molar-refractivity contribution in [2.24, 2.45) is 5.41 Å². The van der Waals surface area contributed by atoms with E-state index in [1.54, 1.807) is 17.1 Å². The zero-order valence-corrected chi connectivity index (χ0v) is 25.2. The third-order valence-electron chi connectivity index (χ3n) is 8.10. The second kappa shape index (κ2) is 12.9. The number of carbonyl (C=O) groups is 2. The molecule has 1 unspecified atom stereocenters. The molecule has 2 aliphatic rings. The number of fused-ring (bicyclic) bond motifs is 1. The number of amides is 1. The van der Waals surface area contributed by atoms with Gasteiger partial charge in [0, 0.05) is 36.2 Å². The van der Waals surface area contributed by atoms with Crippen LogP contribution in [-0.2, 0) is 17.8 Å². The Morgan fingerprint density at radius 2 is 1.93 bits per heavy atom. The molecule has 0 radical (unpaired) electrons. The molecular weight excluding hydrogens is 524 g/mol. The van der Waals surface area contributed by atoms with Crippen LogP contribution in [0.3, 0.4) is 0 Å². The fourth-order valence-electron chi connectivity index (χ4n) is 5.74. The van der Waals surface area contributed by atoms with Crippen molar-refractivity contribution < 1.29 is 14.3 Å². The number of ketones is 1. The Morgan fingerprint density at radius 3 is 2.69 bits per heavy atom. The van der Waals surface area contributed by atoms with Gasteiger partial charge in [-0.05, 0) is 60.3 Å². The summed E-state index contributed by atoms with van der Waals surface area (Å²) in [6, 6.07) is 16.0. The summed E-state index contributed by atoms with van der Waals surface area (Å²) in [5.41, 5.74) is 5.66. The van der Waals surface area contributed by atoms with Gasteiger partial charge in [0.1, 0.15) is 5.75 Å². The van der Waals surface area contributed by atoms with Gasteiger partial charge < -0.3 is 15.0 Å². The van der Waals surface area contributed by atoms with Crippen molar-refractivity contribution >= 4 is 17.8 Å². The van der Waals surface area contributed by atoms with Gasteiger partial charge in [-0.2, -0.15) is 5.10 Å². The van der Waals surface area contributed by atoms with Gasteiger partial charge in [-0.25, -0.2) is 0 Å². The Kier molecular flexibility index (Phi) is 9.07. The minimum atomic E-state index is -0.209. The van der Waals surface area contributed by atoms with Gasteiger partial charge in [-0.3, -0.25) is 14.3 Å². The van der Waals surface area contributed by atoms with Gasteiger partial charge >= 0.3 is 0 Å². The molecule has 3 aromatic rings. The Bertz CT molecular complexity index is 1480. The average Bonchev–Trinajstić information content (AvgIpc) is 3.63. The Labute approximate surface area is 249 Å². The van der Waals surface area contributed by atoms with E-state index in [9.17, 15) is 9.59 Å². The fraction of sp³-hybridized carbons (Fsp3) is 0.400. The zero-order chi connectivity index (χ0) is 29.7. The second-order valence-corrected chi connectivity index (χ2v) is 12.2. The summed E-state index contributed by atoms with van der Waals surface area (Å²) < 4.78 is 8.00. The quantitative estimate of drug-likeness (QED) is 0.304. The van der Waals surface area contributed by atoms with Crippen molar-refractivity contribution in [3.8, 4) is 5.75 Å². The largest absolute Gasteiger partial charge is 0.493 e. The molecular formula is C35H42N4O3.